The lowest BCUT2D eigenvalue weighted by Gasteiger charge is -2.09. The molecule has 2 N–H and O–H groups in total. The van der Waals surface area contributed by atoms with Crippen LogP contribution >= 0.6 is 0 Å². The molecule has 0 amide bonds. The smallest absolute Gasteiger partial charge is 0.195 e. The van der Waals surface area contributed by atoms with Crippen molar-refractivity contribution in [2.45, 2.75) is 6.92 Å². The summed E-state index contributed by atoms with van der Waals surface area (Å²) >= 11 is 0. The molecule has 0 fully saturated rings. The zero-order valence-corrected chi connectivity index (χ0v) is 8.28. The Balaban J connectivity index is 2.85. The Hall–Kier alpha value is -1.51. The Labute approximate surface area is 78.9 Å². The number of aryl methyl sites for hydroxylation is 1. The van der Waals surface area contributed by atoms with Crippen LogP contribution in [0.25, 0.3) is 0 Å². The van der Waals surface area contributed by atoms with Crippen molar-refractivity contribution in [2.75, 3.05) is 14.1 Å². The van der Waals surface area contributed by atoms with Crippen molar-refractivity contribution in [3.63, 3.8) is 0 Å². The van der Waals surface area contributed by atoms with Crippen molar-refractivity contribution < 1.29 is 0 Å². The SMILES string of the molecule is Cc1ccc(N=C(N)N(C)C)cc1. The predicted octanol–water partition coefficient (Wildman–Crippen LogP) is 1.50. The quantitative estimate of drug-likeness (QED) is 0.521. The summed E-state index contributed by atoms with van der Waals surface area (Å²) in [5.74, 6) is 0.517. The van der Waals surface area contributed by atoms with Gasteiger partial charge in [-0.3, -0.25) is 0 Å². The molecule has 0 bridgehead atoms. The first-order valence-corrected chi connectivity index (χ1v) is 4.18. The fourth-order valence-electron chi connectivity index (χ4n) is 0.852. The van der Waals surface area contributed by atoms with Gasteiger partial charge in [0.25, 0.3) is 0 Å². The molecule has 0 aromatic heterocycles. The Morgan fingerprint density at radius 2 is 1.77 bits per heavy atom. The molecule has 0 spiro atoms. The first-order chi connectivity index (χ1) is 6.09. The minimum atomic E-state index is 0.517. The number of nitrogens with two attached hydrogens (primary N) is 1. The van der Waals surface area contributed by atoms with Crippen LogP contribution in [-0.4, -0.2) is 25.0 Å². The van der Waals surface area contributed by atoms with Gasteiger partial charge in [0, 0.05) is 14.1 Å². The number of rotatable bonds is 1. The van der Waals surface area contributed by atoms with E-state index in [-0.39, 0.29) is 0 Å². The van der Waals surface area contributed by atoms with Crippen molar-refractivity contribution in [2.24, 2.45) is 10.7 Å². The Kier molecular flexibility index (Phi) is 2.90. The summed E-state index contributed by atoms with van der Waals surface area (Å²) in [6, 6.07) is 7.93. The highest BCUT2D eigenvalue weighted by Gasteiger charge is 1.94. The largest absolute Gasteiger partial charge is 0.370 e. The third-order valence-corrected chi connectivity index (χ3v) is 1.74. The summed E-state index contributed by atoms with van der Waals surface area (Å²) < 4.78 is 0. The molecule has 0 aliphatic carbocycles. The van der Waals surface area contributed by atoms with E-state index < -0.39 is 0 Å². The average molecular weight is 177 g/mol. The summed E-state index contributed by atoms with van der Waals surface area (Å²) in [4.78, 5) is 6.00. The predicted molar refractivity (Wildman–Crippen MR) is 56.1 cm³/mol. The third kappa shape index (κ3) is 2.78. The first-order valence-electron chi connectivity index (χ1n) is 4.18. The van der Waals surface area contributed by atoms with Gasteiger partial charge in [-0.15, -0.1) is 0 Å². The minimum Gasteiger partial charge on any atom is -0.370 e. The van der Waals surface area contributed by atoms with E-state index in [1.165, 1.54) is 5.56 Å². The molecule has 3 heteroatoms. The summed E-state index contributed by atoms with van der Waals surface area (Å²) in [5.41, 5.74) is 7.77. The molecule has 0 saturated heterocycles. The van der Waals surface area contributed by atoms with Gasteiger partial charge in [-0.2, -0.15) is 0 Å². The number of hydrogen-bond acceptors (Lipinski definition) is 1. The lowest BCUT2D eigenvalue weighted by Crippen LogP contribution is -2.29. The van der Waals surface area contributed by atoms with Crippen LogP contribution in [0.15, 0.2) is 29.3 Å². The molecule has 0 radical (unpaired) electrons. The minimum absolute atomic E-state index is 0.517. The average Bonchev–Trinajstić information content (AvgIpc) is 2.08. The molecule has 70 valence electrons. The van der Waals surface area contributed by atoms with Crippen LogP contribution in [0, 0.1) is 6.92 Å². The number of benzene rings is 1. The molecule has 3 nitrogen and oxygen atoms in total. The van der Waals surface area contributed by atoms with Crippen LogP contribution in [0.2, 0.25) is 0 Å². The van der Waals surface area contributed by atoms with E-state index in [0.29, 0.717) is 5.96 Å². The summed E-state index contributed by atoms with van der Waals surface area (Å²) in [7, 11) is 3.74. The van der Waals surface area contributed by atoms with Gasteiger partial charge in [-0.1, -0.05) is 17.7 Å². The van der Waals surface area contributed by atoms with Crippen molar-refractivity contribution in [1.82, 2.24) is 4.90 Å². The Morgan fingerprint density at radius 3 is 2.23 bits per heavy atom. The third-order valence-electron chi connectivity index (χ3n) is 1.74. The van der Waals surface area contributed by atoms with Crippen molar-refractivity contribution in [1.29, 1.82) is 0 Å². The molecule has 1 aromatic rings. The highest BCUT2D eigenvalue weighted by molar-refractivity contribution is 5.80. The normalized spacial score (nSPS) is 11.5. The van der Waals surface area contributed by atoms with Gasteiger partial charge < -0.3 is 10.6 Å². The van der Waals surface area contributed by atoms with Gasteiger partial charge in [0.15, 0.2) is 5.96 Å². The van der Waals surface area contributed by atoms with Crippen LogP contribution in [-0.2, 0) is 0 Å². The van der Waals surface area contributed by atoms with E-state index in [1.807, 2.05) is 45.3 Å². The summed E-state index contributed by atoms with van der Waals surface area (Å²) in [5, 5.41) is 0. The maximum atomic E-state index is 5.66. The molecule has 0 saturated carbocycles. The second kappa shape index (κ2) is 3.94. The zero-order chi connectivity index (χ0) is 9.84. The van der Waals surface area contributed by atoms with E-state index in [2.05, 4.69) is 4.99 Å². The van der Waals surface area contributed by atoms with E-state index in [1.54, 1.807) is 4.90 Å². The highest BCUT2D eigenvalue weighted by atomic mass is 15.2. The number of aliphatic imine (C=N–C) groups is 1. The van der Waals surface area contributed by atoms with Crippen LogP contribution in [0.4, 0.5) is 5.69 Å². The Bertz CT molecular complexity index is 298. The van der Waals surface area contributed by atoms with Gasteiger partial charge >= 0.3 is 0 Å². The van der Waals surface area contributed by atoms with Crippen LogP contribution in [0.1, 0.15) is 5.56 Å². The lowest BCUT2D eigenvalue weighted by atomic mass is 10.2. The molecule has 0 aliphatic heterocycles. The number of hydrogen-bond donors (Lipinski definition) is 1. The van der Waals surface area contributed by atoms with Crippen molar-refractivity contribution >= 4 is 11.6 Å². The van der Waals surface area contributed by atoms with Gasteiger partial charge in [-0.25, -0.2) is 4.99 Å². The maximum absolute atomic E-state index is 5.66. The fraction of sp³-hybridized carbons (Fsp3) is 0.300. The van der Waals surface area contributed by atoms with Crippen molar-refractivity contribution in [3.8, 4) is 0 Å². The fourth-order valence-corrected chi connectivity index (χ4v) is 0.852. The first kappa shape index (κ1) is 9.58. The van der Waals surface area contributed by atoms with Crippen LogP contribution in [0.3, 0.4) is 0 Å². The van der Waals surface area contributed by atoms with Gasteiger partial charge in [0.05, 0.1) is 5.69 Å². The number of guanidine groups is 1. The molecule has 0 aliphatic rings. The summed E-state index contributed by atoms with van der Waals surface area (Å²) in [6.45, 7) is 2.04. The van der Waals surface area contributed by atoms with Crippen molar-refractivity contribution in [3.05, 3.63) is 29.8 Å². The topological polar surface area (TPSA) is 41.6 Å². The molecule has 0 atom stereocenters. The second-order valence-electron chi connectivity index (χ2n) is 3.20. The maximum Gasteiger partial charge on any atom is 0.195 e. The van der Waals surface area contributed by atoms with Gasteiger partial charge in [0.2, 0.25) is 0 Å². The molecule has 1 rings (SSSR count). The van der Waals surface area contributed by atoms with Gasteiger partial charge in [0.1, 0.15) is 0 Å². The monoisotopic (exact) mass is 177 g/mol. The zero-order valence-electron chi connectivity index (χ0n) is 8.28. The molecular formula is C10H15N3. The van der Waals surface area contributed by atoms with Crippen LogP contribution in [0.5, 0.6) is 0 Å². The van der Waals surface area contributed by atoms with Crippen LogP contribution < -0.4 is 5.73 Å². The van der Waals surface area contributed by atoms with E-state index in [9.17, 15) is 0 Å². The molecule has 0 unspecified atom stereocenters. The highest BCUT2D eigenvalue weighted by Crippen LogP contribution is 2.12. The molecule has 0 heterocycles. The van der Waals surface area contributed by atoms with E-state index >= 15 is 0 Å². The standard InChI is InChI=1S/C10H15N3/c1-8-4-6-9(7-5-8)12-10(11)13(2)3/h4-7H,1-3H3,(H2,11,12). The van der Waals surface area contributed by atoms with E-state index in [4.69, 9.17) is 5.73 Å². The molecular weight excluding hydrogens is 162 g/mol. The number of nitrogens with zero attached hydrogens (tertiary/aromatic N) is 2. The Morgan fingerprint density at radius 1 is 1.23 bits per heavy atom. The summed E-state index contributed by atoms with van der Waals surface area (Å²) in [6.07, 6.45) is 0. The molecule has 13 heavy (non-hydrogen) atoms. The van der Waals surface area contributed by atoms with E-state index in [0.717, 1.165) is 5.69 Å². The second-order valence-corrected chi connectivity index (χ2v) is 3.20. The van der Waals surface area contributed by atoms with Gasteiger partial charge in [-0.05, 0) is 19.1 Å². The lowest BCUT2D eigenvalue weighted by molar-refractivity contribution is 0.615. The molecule has 1 aromatic carbocycles.